The number of carbonyl (C=O) groups excluding carboxylic acids is 3. The average molecular weight is 434 g/mol. The van der Waals surface area contributed by atoms with Crippen LogP contribution in [0.2, 0.25) is 0 Å². The summed E-state index contributed by atoms with van der Waals surface area (Å²) in [6.45, 7) is 8.41. The van der Waals surface area contributed by atoms with Crippen LogP contribution in [-0.4, -0.2) is 58.0 Å². The van der Waals surface area contributed by atoms with Gasteiger partial charge in [-0.3, -0.25) is 9.59 Å². The number of hydrogen-bond acceptors (Lipinski definition) is 9. The van der Waals surface area contributed by atoms with Gasteiger partial charge in [0.25, 0.3) is 0 Å². The standard InChI is InChI=1S/C22H26O9/c1-10(2)12-5-14-13(9-23)6-15(29-14)18(25)21(4,27)8-16-19-22(31-19,20(26)30-16)17(7-12)28-11(3)24/h6,9,12,16-19,25,27H,1,5,7-8H2,2-4H3/t12-,16?,17+,18-,19-,21+,22-/m0/s1. The van der Waals surface area contributed by atoms with Crippen molar-refractivity contribution in [2.75, 3.05) is 0 Å². The summed E-state index contributed by atoms with van der Waals surface area (Å²) in [6.07, 6.45) is -3.10. The second-order valence-electron chi connectivity index (χ2n) is 8.97. The summed E-state index contributed by atoms with van der Waals surface area (Å²) in [5, 5.41) is 21.7. The van der Waals surface area contributed by atoms with Crippen molar-refractivity contribution in [3.05, 3.63) is 35.3 Å². The number of carbonyl (C=O) groups is 3. The van der Waals surface area contributed by atoms with Crippen LogP contribution in [0.5, 0.6) is 0 Å². The Kier molecular flexibility index (Phi) is 5.11. The molecule has 2 fully saturated rings. The molecule has 31 heavy (non-hydrogen) atoms. The van der Waals surface area contributed by atoms with Crippen LogP contribution in [0.15, 0.2) is 22.6 Å². The number of hydrogen-bond donors (Lipinski definition) is 2. The first kappa shape index (κ1) is 21.7. The number of aldehydes is 1. The fourth-order valence-corrected chi connectivity index (χ4v) is 4.66. The maximum atomic E-state index is 12.8. The quantitative estimate of drug-likeness (QED) is 0.313. The van der Waals surface area contributed by atoms with Crippen LogP contribution in [-0.2, 0) is 30.2 Å². The highest BCUT2D eigenvalue weighted by Gasteiger charge is 2.78. The van der Waals surface area contributed by atoms with Crippen LogP contribution in [0.4, 0.5) is 0 Å². The van der Waals surface area contributed by atoms with E-state index in [0.717, 1.165) is 5.57 Å². The fraction of sp³-hybridized carbons (Fsp3) is 0.591. The highest BCUT2D eigenvalue weighted by atomic mass is 16.7. The van der Waals surface area contributed by atoms with Crippen molar-refractivity contribution in [3.63, 3.8) is 0 Å². The zero-order valence-corrected chi connectivity index (χ0v) is 17.6. The SMILES string of the molecule is C=C(C)[C@H]1Cc2oc(cc2C=O)[C@H](O)[C@](C)(O)CC2OC(=O)[C@]3(O[C@@H]23)[C@H](OC(C)=O)C1. The molecule has 4 bridgehead atoms. The van der Waals surface area contributed by atoms with Crippen LogP contribution >= 0.6 is 0 Å². The highest BCUT2D eigenvalue weighted by Crippen LogP contribution is 2.54. The minimum atomic E-state index is -1.75. The third-order valence-corrected chi connectivity index (χ3v) is 6.48. The van der Waals surface area contributed by atoms with E-state index in [-0.39, 0.29) is 36.5 Å². The predicted octanol–water partition coefficient (Wildman–Crippen LogP) is 1.40. The molecule has 7 atom stereocenters. The summed E-state index contributed by atoms with van der Waals surface area (Å²) < 4.78 is 22.5. The third-order valence-electron chi connectivity index (χ3n) is 6.48. The van der Waals surface area contributed by atoms with Crippen LogP contribution in [0, 0.1) is 5.92 Å². The smallest absolute Gasteiger partial charge is 0.345 e. The molecule has 1 unspecified atom stereocenters. The number of esters is 2. The molecule has 2 N–H and O–H groups in total. The molecule has 4 heterocycles. The van der Waals surface area contributed by atoms with Gasteiger partial charge in [0.1, 0.15) is 35.9 Å². The number of ether oxygens (including phenoxy) is 3. The summed E-state index contributed by atoms with van der Waals surface area (Å²) in [7, 11) is 0. The fourth-order valence-electron chi connectivity index (χ4n) is 4.66. The Bertz CT molecular complexity index is 945. The Labute approximate surface area is 179 Å². The molecule has 1 aromatic heterocycles. The molecule has 0 spiro atoms. The molecular formula is C22H26O9. The van der Waals surface area contributed by atoms with E-state index in [9.17, 15) is 24.6 Å². The monoisotopic (exact) mass is 434 g/mol. The molecule has 1 aromatic rings. The number of aliphatic hydroxyl groups excluding tert-OH is 1. The van der Waals surface area contributed by atoms with E-state index in [1.807, 2.05) is 0 Å². The van der Waals surface area contributed by atoms with Gasteiger partial charge in [0, 0.05) is 19.8 Å². The Morgan fingerprint density at radius 2 is 2.10 bits per heavy atom. The highest BCUT2D eigenvalue weighted by molar-refractivity contribution is 5.88. The molecule has 4 rings (SSSR count). The molecule has 0 aromatic carbocycles. The maximum absolute atomic E-state index is 12.8. The van der Waals surface area contributed by atoms with E-state index in [4.69, 9.17) is 18.6 Å². The zero-order valence-electron chi connectivity index (χ0n) is 17.6. The molecule has 0 saturated carbocycles. The summed E-state index contributed by atoms with van der Waals surface area (Å²) >= 11 is 0. The molecule has 2 saturated heterocycles. The summed E-state index contributed by atoms with van der Waals surface area (Å²) in [4.78, 5) is 36.2. The van der Waals surface area contributed by atoms with Gasteiger partial charge >= 0.3 is 11.9 Å². The number of allylic oxidation sites excluding steroid dienone is 1. The molecular weight excluding hydrogens is 408 g/mol. The largest absolute Gasteiger partial charge is 0.462 e. The van der Waals surface area contributed by atoms with E-state index in [0.29, 0.717) is 12.0 Å². The summed E-state index contributed by atoms with van der Waals surface area (Å²) in [5.74, 6) is -1.22. The second kappa shape index (κ2) is 7.29. The lowest BCUT2D eigenvalue weighted by Gasteiger charge is -2.30. The lowest BCUT2D eigenvalue weighted by atomic mass is 9.83. The lowest BCUT2D eigenvalue weighted by Crippen LogP contribution is -2.42. The number of epoxide rings is 1. The van der Waals surface area contributed by atoms with E-state index in [2.05, 4.69) is 6.58 Å². The molecule has 3 aliphatic heterocycles. The van der Waals surface area contributed by atoms with Gasteiger partial charge in [-0.05, 0) is 32.3 Å². The number of aliphatic hydroxyl groups is 2. The van der Waals surface area contributed by atoms with E-state index < -0.39 is 47.6 Å². The first-order valence-corrected chi connectivity index (χ1v) is 10.2. The molecule has 9 heteroatoms. The van der Waals surface area contributed by atoms with Gasteiger partial charge in [-0.25, -0.2) is 4.79 Å². The van der Waals surface area contributed by atoms with Crippen molar-refractivity contribution in [2.24, 2.45) is 5.92 Å². The van der Waals surface area contributed by atoms with Crippen molar-refractivity contribution >= 4 is 18.2 Å². The van der Waals surface area contributed by atoms with Gasteiger partial charge < -0.3 is 28.8 Å². The van der Waals surface area contributed by atoms with Gasteiger partial charge in [-0.1, -0.05) is 12.2 Å². The third kappa shape index (κ3) is 3.50. The van der Waals surface area contributed by atoms with Crippen molar-refractivity contribution < 1.29 is 43.2 Å². The summed E-state index contributed by atoms with van der Waals surface area (Å²) in [5.41, 5.74) is -2.24. The minimum absolute atomic E-state index is 0.0330. The normalized spacial score (nSPS) is 39.3. The number of furan rings is 1. The molecule has 0 radical (unpaired) electrons. The maximum Gasteiger partial charge on any atom is 0.345 e. The lowest BCUT2D eigenvalue weighted by molar-refractivity contribution is -0.169. The Morgan fingerprint density at radius 1 is 1.39 bits per heavy atom. The van der Waals surface area contributed by atoms with Crippen LogP contribution in [0.25, 0.3) is 0 Å². The van der Waals surface area contributed by atoms with Crippen molar-refractivity contribution in [2.45, 2.75) is 75.7 Å². The van der Waals surface area contributed by atoms with Crippen LogP contribution in [0.1, 0.15) is 61.6 Å². The van der Waals surface area contributed by atoms with E-state index in [1.54, 1.807) is 6.92 Å². The van der Waals surface area contributed by atoms with Crippen LogP contribution < -0.4 is 0 Å². The molecule has 0 aliphatic carbocycles. The minimum Gasteiger partial charge on any atom is -0.462 e. The number of rotatable bonds is 3. The van der Waals surface area contributed by atoms with Gasteiger partial charge in [0.05, 0.1) is 11.2 Å². The molecule has 168 valence electrons. The van der Waals surface area contributed by atoms with Crippen molar-refractivity contribution in [1.29, 1.82) is 0 Å². The molecule has 3 aliphatic rings. The predicted molar refractivity (Wildman–Crippen MR) is 104 cm³/mol. The molecule has 9 nitrogen and oxygen atoms in total. The topological polar surface area (TPSA) is 136 Å². The molecule has 0 amide bonds. The van der Waals surface area contributed by atoms with Gasteiger partial charge in [0.2, 0.25) is 5.60 Å². The average Bonchev–Trinajstić information content (AvgIpc) is 3.22. The van der Waals surface area contributed by atoms with Crippen molar-refractivity contribution in [3.8, 4) is 0 Å². The number of fused-ring (bicyclic) bond motifs is 2. The van der Waals surface area contributed by atoms with E-state index >= 15 is 0 Å². The zero-order chi connectivity index (χ0) is 22.7. The second-order valence-corrected chi connectivity index (χ2v) is 8.97. The first-order valence-electron chi connectivity index (χ1n) is 10.2. The Hall–Kier alpha value is -2.49. The first-order chi connectivity index (χ1) is 14.5. The Morgan fingerprint density at radius 3 is 2.68 bits per heavy atom. The van der Waals surface area contributed by atoms with Gasteiger partial charge in [-0.2, -0.15) is 0 Å². The van der Waals surface area contributed by atoms with Gasteiger partial charge in [-0.15, -0.1) is 0 Å². The van der Waals surface area contributed by atoms with Crippen LogP contribution in [0.3, 0.4) is 0 Å². The summed E-state index contributed by atoms with van der Waals surface area (Å²) in [6, 6.07) is 1.39. The Balaban J connectivity index is 1.80. The van der Waals surface area contributed by atoms with E-state index in [1.165, 1.54) is 19.9 Å². The van der Waals surface area contributed by atoms with Gasteiger partial charge in [0.15, 0.2) is 6.29 Å². The van der Waals surface area contributed by atoms with Crippen molar-refractivity contribution in [1.82, 2.24) is 0 Å².